The number of hydrogen-bond acceptors (Lipinski definition) is 4. The predicted molar refractivity (Wildman–Crippen MR) is 59.9 cm³/mol. The Bertz CT molecular complexity index is 313. The van der Waals surface area contributed by atoms with Gasteiger partial charge < -0.3 is 10.5 Å². The van der Waals surface area contributed by atoms with E-state index in [0.29, 0.717) is 24.9 Å². The fourth-order valence-electron chi connectivity index (χ4n) is 1.17. The molecule has 0 fully saturated rings. The van der Waals surface area contributed by atoms with Crippen molar-refractivity contribution in [1.82, 2.24) is 9.97 Å². The fraction of sp³-hybridized carbons (Fsp3) is 0.636. The second-order valence-corrected chi connectivity index (χ2v) is 3.99. The van der Waals surface area contributed by atoms with Crippen LogP contribution in [-0.4, -0.2) is 23.1 Å². The summed E-state index contributed by atoms with van der Waals surface area (Å²) in [6.45, 7) is 7.33. The van der Waals surface area contributed by atoms with Crippen LogP contribution in [0.4, 0.5) is 0 Å². The van der Waals surface area contributed by atoms with Gasteiger partial charge in [0.25, 0.3) is 0 Å². The molecule has 15 heavy (non-hydrogen) atoms. The standard InChI is InChI=1S/C11H19N3O/c1-8(2)7-15-11-10(4-5-12)6-13-9(3)14-11/h6,8H,4-5,7,12H2,1-3H3. The van der Waals surface area contributed by atoms with E-state index in [-0.39, 0.29) is 0 Å². The minimum Gasteiger partial charge on any atom is -0.477 e. The van der Waals surface area contributed by atoms with Crippen molar-refractivity contribution in [3.8, 4) is 5.88 Å². The Morgan fingerprint density at radius 1 is 1.47 bits per heavy atom. The summed E-state index contributed by atoms with van der Waals surface area (Å²) in [5.74, 6) is 1.90. The van der Waals surface area contributed by atoms with E-state index in [0.717, 1.165) is 17.8 Å². The average Bonchev–Trinajstić information content (AvgIpc) is 2.18. The van der Waals surface area contributed by atoms with Gasteiger partial charge in [0.1, 0.15) is 5.82 Å². The Morgan fingerprint density at radius 2 is 2.20 bits per heavy atom. The molecule has 1 rings (SSSR count). The normalized spacial score (nSPS) is 10.7. The number of nitrogens with zero attached hydrogens (tertiary/aromatic N) is 2. The Morgan fingerprint density at radius 3 is 2.80 bits per heavy atom. The zero-order chi connectivity index (χ0) is 11.3. The van der Waals surface area contributed by atoms with E-state index in [4.69, 9.17) is 10.5 Å². The summed E-state index contributed by atoms with van der Waals surface area (Å²) in [6.07, 6.45) is 2.55. The van der Waals surface area contributed by atoms with Crippen LogP contribution in [0.1, 0.15) is 25.2 Å². The smallest absolute Gasteiger partial charge is 0.219 e. The van der Waals surface area contributed by atoms with Crippen LogP contribution >= 0.6 is 0 Å². The molecular weight excluding hydrogens is 190 g/mol. The molecule has 0 aliphatic rings. The monoisotopic (exact) mass is 209 g/mol. The Kier molecular flexibility index (Phi) is 4.49. The summed E-state index contributed by atoms with van der Waals surface area (Å²) in [6, 6.07) is 0. The number of hydrogen-bond donors (Lipinski definition) is 1. The lowest BCUT2D eigenvalue weighted by molar-refractivity contribution is 0.257. The zero-order valence-corrected chi connectivity index (χ0v) is 9.66. The van der Waals surface area contributed by atoms with Gasteiger partial charge in [0.15, 0.2) is 0 Å². The van der Waals surface area contributed by atoms with Crippen molar-refractivity contribution in [2.45, 2.75) is 27.2 Å². The first-order valence-electron chi connectivity index (χ1n) is 5.29. The lowest BCUT2D eigenvalue weighted by atomic mass is 10.2. The highest BCUT2D eigenvalue weighted by atomic mass is 16.5. The number of nitrogens with two attached hydrogens (primary N) is 1. The second-order valence-electron chi connectivity index (χ2n) is 3.99. The van der Waals surface area contributed by atoms with Gasteiger partial charge in [-0.25, -0.2) is 4.98 Å². The highest BCUT2D eigenvalue weighted by Gasteiger charge is 2.07. The molecule has 0 unspecified atom stereocenters. The lowest BCUT2D eigenvalue weighted by Gasteiger charge is -2.11. The molecule has 0 aromatic carbocycles. The molecule has 0 saturated carbocycles. The highest BCUT2D eigenvalue weighted by Crippen LogP contribution is 2.15. The number of aryl methyl sites for hydroxylation is 1. The molecule has 1 aromatic heterocycles. The maximum Gasteiger partial charge on any atom is 0.219 e. The molecule has 1 heterocycles. The van der Waals surface area contributed by atoms with Crippen molar-refractivity contribution in [3.05, 3.63) is 17.6 Å². The Labute approximate surface area is 90.9 Å². The molecule has 0 amide bonds. The van der Waals surface area contributed by atoms with Crippen LogP contribution < -0.4 is 10.5 Å². The molecule has 0 bridgehead atoms. The van der Waals surface area contributed by atoms with E-state index in [1.54, 1.807) is 6.20 Å². The van der Waals surface area contributed by atoms with Crippen LogP contribution in [0.25, 0.3) is 0 Å². The van der Waals surface area contributed by atoms with Gasteiger partial charge in [-0.15, -0.1) is 0 Å². The SMILES string of the molecule is Cc1ncc(CCN)c(OCC(C)C)n1. The zero-order valence-electron chi connectivity index (χ0n) is 9.66. The van der Waals surface area contributed by atoms with E-state index >= 15 is 0 Å². The second kappa shape index (κ2) is 5.66. The van der Waals surface area contributed by atoms with E-state index in [2.05, 4.69) is 23.8 Å². The van der Waals surface area contributed by atoms with Gasteiger partial charge in [0, 0.05) is 11.8 Å². The first-order chi connectivity index (χ1) is 7.13. The summed E-state index contributed by atoms with van der Waals surface area (Å²) >= 11 is 0. The molecular formula is C11H19N3O. The first-order valence-corrected chi connectivity index (χ1v) is 5.29. The Balaban J connectivity index is 2.77. The molecule has 4 nitrogen and oxygen atoms in total. The highest BCUT2D eigenvalue weighted by molar-refractivity contribution is 5.24. The topological polar surface area (TPSA) is 61.0 Å². The van der Waals surface area contributed by atoms with Gasteiger partial charge in [-0.3, -0.25) is 0 Å². The molecule has 4 heteroatoms. The molecule has 0 aliphatic carbocycles. The van der Waals surface area contributed by atoms with Gasteiger partial charge >= 0.3 is 0 Å². The van der Waals surface area contributed by atoms with Crippen LogP contribution in [0.3, 0.4) is 0 Å². The van der Waals surface area contributed by atoms with E-state index < -0.39 is 0 Å². The van der Waals surface area contributed by atoms with Gasteiger partial charge in [-0.2, -0.15) is 4.98 Å². The number of rotatable bonds is 5. The number of aromatic nitrogens is 2. The van der Waals surface area contributed by atoms with Crippen molar-refractivity contribution in [2.75, 3.05) is 13.2 Å². The predicted octanol–water partition coefficient (Wildman–Crippen LogP) is 1.32. The molecule has 0 aliphatic heterocycles. The van der Waals surface area contributed by atoms with E-state index in [1.807, 2.05) is 6.92 Å². The maximum absolute atomic E-state index is 5.63. The quantitative estimate of drug-likeness (QED) is 0.794. The van der Waals surface area contributed by atoms with E-state index in [9.17, 15) is 0 Å². The molecule has 0 spiro atoms. The van der Waals surface area contributed by atoms with Gasteiger partial charge in [0.05, 0.1) is 6.61 Å². The van der Waals surface area contributed by atoms with Gasteiger partial charge in [-0.05, 0) is 25.8 Å². The third kappa shape index (κ3) is 3.83. The average molecular weight is 209 g/mol. The van der Waals surface area contributed by atoms with Crippen molar-refractivity contribution >= 4 is 0 Å². The van der Waals surface area contributed by atoms with Crippen LogP contribution in [0.5, 0.6) is 5.88 Å². The first kappa shape index (κ1) is 11.9. The van der Waals surface area contributed by atoms with Crippen LogP contribution in [0.15, 0.2) is 6.20 Å². The van der Waals surface area contributed by atoms with Crippen LogP contribution in [-0.2, 0) is 6.42 Å². The minimum absolute atomic E-state index is 0.492. The van der Waals surface area contributed by atoms with E-state index in [1.165, 1.54) is 0 Å². The van der Waals surface area contributed by atoms with Crippen molar-refractivity contribution in [2.24, 2.45) is 11.7 Å². The van der Waals surface area contributed by atoms with Crippen LogP contribution in [0, 0.1) is 12.8 Å². The maximum atomic E-state index is 5.63. The molecule has 0 radical (unpaired) electrons. The third-order valence-electron chi connectivity index (χ3n) is 1.91. The van der Waals surface area contributed by atoms with Crippen LogP contribution in [0.2, 0.25) is 0 Å². The van der Waals surface area contributed by atoms with Crippen molar-refractivity contribution in [3.63, 3.8) is 0 Å². The number of ether oxygens (including phenoxy) is 1. The molecule has 0 atom stereocenters. The molecule has 1 aromatic rings. The fourth-order valence-corrected chi connectivity index (χ4v) is 1.17. The largest absolute Gasteiger partial charge is 0.477 e. The molecule has 84 valence electrons. The summed E-state index contributed by atoms with van der Waals surface area (Å²) in [5, 5.41) is 0. The summed E-state index contributed by atoms with van der Waals surface area (Å²) in [4.78, 5) is 8.41. The molecule has 0 saturated heterocycles. The third-order valence-corrected chi connectivity index (χ3v) is 1.91. The minimum atomic E-state index is 0.492. The summed E-state index contributed by atoms with van der Waals surface area (Å²) in [5.41, 5.74) is 6.50. The summed E-state index contributed by atoms with van der Waals surface area (Å²) < 4.78 is 5.63. The summed E-state index contributed by atoms with van der Waals surface area (Å²) in [7, 11) is 0. The Hall–Kier alpha value is -1.16. The van der Waals surface area contributed by atoms with Crippen molar-refractivity contribution < 1.29 is 4.74 Å². The lowest BCUT2D eigenvalue weighted by Crippen LogP contribution is -2.11. The van der Waals surface area contributed by atoms with Gasteiger partial charge in [0.2, 0.25) is 5.88 Å². The van der Waals surface area contributed by atoms with Gasteiger partial charge in [-0.1, -0.05) is 13.8 Å². The molecule has 2 N–H and O–H groups in total. The van der Waals surface area contributed by atoms with Crippen molar-refractivity contribution in [1.29, 1.82) is 0 Å².